The van der Waals surface area contributed by atoms with Gasteiger partial charge in [0.15, 0.2) is 18.2 Å². The van der Waals surface area contributed by atoms with Crippen molar-refractivity contribution in [1.29, 1.82) is 0 Å². The highest BCUT2D eigenvalue weighted by Gasteiger charge is 2.23. The molecule has 1 atom stereocenters. The Balaban J connectivity index is 1.38. The largest absolute Gasteiger partial charge is 0.305 e. The highest BCUT2D eigenvalue weighted by Crippen LogP contribution is 2.35. The average molecular weight is 403 g/mol. The third-order valence-electron chi connectivity index (χ3n) is 5.76. The molecule has 0 spiro atoms. The molecule has 0 saturated heterocycles. The summed E-state index contributed by atoms with van der Waals surface area (Å²) in [5, 5.41) is 0.823. The van der Waals surface area contributed by atoms with Gasteiger partial charge >= 0.3 is 0 Å². The summed E-state index contributed by atoms with van der Waals surface area (Å²) in [6.07, 6.45) is 8.27. The molecule has 3 heterocycles. The summed E-state index contributed by atoms with van der Waals surface area (Å²) in [6.45, 7) is 2.85. The third kappa shape index (κ3) is 3.75. The van der Waals surface area contributed by atoms with Gasteiger partial charge in [-0.3, -0.25) is 4.79 Å². The second-order valence-electron chi connectivity index (χ2n) is 8.09. The van der Waals surface area contributed by atoms with Crippen LogP contribution in [-0.2, 0) is 25.8 Å². The lowest BCUT2D eigenvalue weighted by Crippen LogP contribution is -2.35. The second kappa shape index (κ2) is 7.56. The maximum absolute atomic E-state index is 12.8. The molecule has 0 unspecified atom stereocenters. The van der Waals surface area contributed by atoms with Gasteiger partial charge in [0, 0.05) is 17.0 Å². The van der Waals surface area contributed by atoms with Crippen molar-refractivity contribution in [2.24, 2.45) is 5.92 Å². The zero-order valence-electron chi connectivity index (χ0n) is 16.5. The number of aryl methyl sites for hydroxylation is 1. The van der Waals surface area contributed by atoms with E-state index < -0.39 is 0 Å². The van der Waals surface area contributed by atoms with E-state index in [1.54, 1.807) is 11.3 Å². The van der Waals surface area contributed by atoms with Crippen LogP contribution in [-0.4, -0.2) is 9.97 Å². The van der Waals surface area contributed by atoms with E-state index in [0.29, 0.717) is 12.5 Å². The number of nitrogens with one attached hydrogen (secondary N) is 1. The summed E-state index contributed by atoms with van der Waals surface area (Å²) < 4.78 is 2.06. The number of H-pyrrole nitrogens is 1. The fraction of sp³-hybridized carbons (Fsp3) is 0.292. The van der Waals surface area contributed by atoms with Crippen LogP contribution in [0.5, 0.6) is 0 Å². The molecule has 0 aliphatic heterocycles. The van der Waals surface area contributed by atoms with E-state index in [1.165, 1.54) is 21.6 Å². The van der Waals surface area contributed by atoms with Gasteiger partial charge in [0.05, 0.1) is 5.39 Å². The number of benzene rings is 1. The SMILES string of the molecule is C[C@H]1CCc2c(sc3nc(C[n+]4ccc(Cc5ccccc5)cc4)[nH]c(=O)c23)C1. The Morgan fingerprint density at radius 3 is 2.69 bits per heavy atom. The van der Waals surface area contributed by atoms with E-state index in [-0.39, 0.29) is 5.56 Å². The maximum Gasteiger partial charge on any atom is 0.260 e. The summed E-state index contributed by atoms with van der Waals surface area (Å²) >= 11 is 1.71. The molecule has 4 aromatic rings. The van der Waals surface area contributed by atoms with Gasteiger partial charge in [-0.25, -0.2) is 4.98 Å². The van der Waals surface area contributed by atoms with Crippen LogP contribution < -0.4 is 10.1 Å². The Hall–Kier alpha value is -2.79. The number of rotatable bonds is 4. The van der Waals surface area contributed by atoms with E-state index in [0.717, 1.165) is 41.7 Å². The predicted molar refractivity (Wildman–Crippen MR) is 116 cm³/mol. The van der Waals surface area contributed by atoms with E-state index >= 15 is 0 Å². The number of aromatic nitrogens is 3. The highest BCUT2D eigenvalue weighted by atomic mass is 32.1. The monoisotopic (exact) mass is 402 g/mol. The van der Waals surface area contributed by atoms with Gasteiger partial charge < -0.3 is 4.98 Å². The topological polar surface area (TPSA) is 49.6 Å². The predicted octanol–water partition coefficient (Wildman–Crippen LogP) is 4.04. The number of thiophene rings is 1. The minimum absolute atomic E-state index is 0.0124. The second-order valence-corrected chi connectivity index (χ2v) is 9.17. The number of pyridine rings is 1. The van der Waals surface area contributed by atoms with Gasteiger partial charge in [0.25, 0.3) is 5.56 Å². The van der Waals surface area contributed by atoms with Crippen molar-refractivity contribution in [3.05, 3.63) is 92.6 Å². The van der Waals surface area contributed by atoms with Crippen LogP contribution in [0, 0.1) is 5.92 Å². The van der Waals surface area contributed by atoms with Crippen LogP contribution >= 0.6 is 11.3 Å². The molecule has 1 aliphatic rings. The zero-order chi connectivity index (χ0) is 19.8. The van der Waals surface area contributed by atoms with Crippen LogP contribution in [0.1, 0.15) is 40.7 Å². The van der Waals surface area contributed by atoms with Crippen LogP contribution in [0.15, 0.2) is 59.7 Å². The molecule has 0 bridgehead atoms. The molecule has 5 rings (SSSR count). The van der Waals surface area contributed by atoms with E-state index in [1.807, 2.05) is 6.07 Å². The van der Waals surface area contributed by atoms with Crippen molar-refractivity contribution in [3.63, 3.8) is 0 Å². The summed E-state index contributed by atoms with van der Waals surface area (Å²) in [5.41, 5.74) is 3.82. The first-order chi connectivity index (χ1) is 14.2. The Kier molecular flexibility index (Phi) is 4.76. The van der Waals surface area contributed by atoms with Gasteiger partial charge in [-0.05, 0) is 48.3 Å². The Labute approximate surface area is 173 Å². The van der Waals surface area contributed by atoms with Crippen molar-refractivity contribution in [2.75, 3.05) is 0 Å². The summed E-state index contributed by atoms with van der Waals surface area (Å²) in [5.74, 6) is 1.41. The third-order valence-corrected chi connectivity index (χ3v) is 6.91. The molecule has 0 amide bonds. The smallest absolute Gasteiger partial charge is 0.260 e. The highest BCUT2D eigenvalue weighted by molar-refractivity contribution is 7.18. The number of nitrogens with zero attached hydrogens (tertiary/aromatic N) is 2. The quantitative estimate of drug-likeness (QED) is 0.524. The first-order valence-electron chi connectivity index (χ1n) is 10.2. The zero-order valence-corrected chi connectivity index (χ0v) is 17.3. The summed E-state index contributed by atoms with van der Waals surface area (Å²) in [4.78, 5) is 22.8. The minimum atomic E-state index is 0.0124. The van der Waals surface area contributed by atoms with Gasteiger partial charge in [-0.1, -0.05) is 37.3 Å². The van der Waals surface area contributed by atoms with E-state index in [9.17, 15) is 4.79 Å². The summed E-state index contributed by atoms with van der Waals surface area (Å²) in [7, 11) is 0. The Morgan fingerprint density at radius 1 is 1.14 bits per heavy atom. The number of aromatic amines is 1. The molecular weight excluding hydrogens is 378 g/mol. The molecule has 5 heteroatoms. The minimum Gasteiger partial charge on any atom is -0.305 e. The van der Waals surface area contributed by atoms with Gasteiger partial charge in [0.1, 0.15) is 4.83 Å². The maximum atomic E-state index is 12.8. The molecule has 146 valence electrons. The Morgan fingerprint density at radius 2 is 1.90 bits per heavy atom. The van der Waals surface area contributed by atoms with Crippen molar-refractivity contribution in [2.45, 2.75) is 39.2 Å². The molecule has 4 nitrogen and oxygen atoms in total. The van der Waals surface area contributed by atoms with Crippen LogP contribution in [0.25, 0.3) is 10.2 Å². The van der Waals surface area contributed by atoms with Gasteiger partial charge in [0.2, 0.25) is 6.54 Å². The number of hydrogen-bond donors (Lipinski definition) is 1. The van der Waals surface area contributed by atoms with Crippen LogP contribution in [0.3, 0.4) is 0 Å². The van der Waals surface area contributed by atoms with Crippen molar-refractivity contribution >= 4 is 21.6 Å². The van der Waals surface area contributed by atoms with Crippen LogP contribution in [0.2, 0.25) is 0 Å². The molecule has 29 heavy (non-hydrogen) atoms. The normalized spacial score (nSPS) is 16.1. The molecule has 0 saturated carbocycles. The average Bonchev–Trinajstić information content (AvgIpc) is 3.08. The molecule has 3 aromatic heterocycles. The lowest BCUT2D eigenvalue weighted by atomic mass is 9.89. The fourth-order valence-corrected chi connectivity index (χ4v) is 5.59. The van der Waals surface area contributed by atoms with Gasteiger partial charge in [-0.2, -0.15) is 4.57 Å². The molecule has 0 fully saturated rings. The first kappa shape index (κ1) is 18.3. The standard InChI is InChI=1S/C24H23N3OS/c1-16-7-8-19-20(13-16)29-24-22(19)23(28)25-21(26-24)15-27-11-9-18(10-12-27)14-17-5-3-2-4-6-17/h2-6,9-12,16H,7-8,13-15H2,1H3/p+1/t16-/m0/s1. The van der Waals surface area contributed by atoms with Crippen molar-refractivity contribution < 1.29 is 4.57 Å². The van der Waals surface area contributed by atoms with E-state index in [4.69, 9.17) is 4.98 Å². The van der Waals surface area contributed by atoms with Gasteiger partial charge in [-0.15, -0.1) is 11.3 Å². The van der Waals surface area contributed by atoms with Crippen LogP contribution in [0.4, 0.5) is 0 Å². The van der Waals surface area contributed by atoms with Crippen molar-refractivity contribution in [1.82, 2.24) is 9.97 Å². The lowest BCUT2D eigenvalue weighted by molar-refractivity contribution is -0.689. The lowest BCUT2D eigenvalue weighted by Gasteiger charge is -2.17. The number of fused-ring (bicyclic) bond motifs is 3. The number of hydrogen-bond acceptors (Lipinski definition) is 3. The summed E-state index contributed by atoms with van der Waals surface area (Å²) in [6, 6.07) is 14.7. The molecule has 1 aromatic carbocycles. The fourth-order valence-electron chi connectivity index (χ4n) is 4.18. The molecule has 0 radical (unpaired) electrons. The molecule has 1 aliphatic carbocycles. The van der Waals surface area contributed by atoms with Crippen molar-refractivity contribution in [3.8, 4) is 0 Å². The van der Waals surface area contributed by atoms with E-state index in [2.05, 4.69) is 65.3 Å². The molecular formula is C24H24N3OS+. The Bertz CT molecular complexity index is 1210. The molecule has 1 N–H and O–H groups in total. The first-order valence-corrected chi connectivity index (χ1v) is 11.0.